The summed E-state index contributed by atoms with van der Waals surface area (Å²) in [6, 6.07) is 6.77. The van der Waals surface area contributed by atoms with E-state index in [0.29, 0.717) is 11.8 Å². The maximum atomic E-state index is 12.9. The van der Waals surface area contributed by atoms with Crippen molar-refractivity contribution in [1.82, 2.24) is 9.80 Å². The van der Waals surface area contributed by atoms with E-state index >= 15 is 0 Å². The lowest BCUT2D eigenvalue weighted by Crippen LogP contribution is -2.32. The summed E-state index contributed by atoms with van der Waals surface area (Å²) in [4.78, 5) is 15.6. The molecule has 1 saturated heterocycles. The van der Waals surface area contributed by atoms with E-state index < -0.39 is 0 Å². The number of carbonyl (C=O) groups is 1. The van der Waals surface area contributed by atoms with Gasteiger partial charge in [-0.2, -0.15) is 0 Å². The number of likely N-dealkylation sites (N-methyl/N-ethyl adjacent to an activating group) is 1. The van der Waals surface area contributed by atoms with Gasteiger partial charge in [-0.3, -0.25) is 4.79 Å². The molecule has 21 heavy (non-hydrogen) atoms. The SMILES string of the molecule is CC(=O)N1CC[C@H](CN(C)C[C@H](C)c2ccc(F)cc2)C1. The molecule has 0 N–H and O–H groups in total. The number of benzene rings is 1. The van der Waals surface area contributed by atoms with Crippen LogP contribution in [0.25, 0.3) is 0 Å². The minimum Gasteiger partial charge on any atom is -0.343 e. The average Bonchev–Trinajstić information content (AvgIpc) is 2.87. The molecule has 0 saturated carbocycles. The summed E-state index contributed by atoms with van der Waals surface area (Å²) < 4.78 is 12.9. The van der Waals surface area contributed by atoms with Crippen LogP contribution in [0.4, 0.5) is 4.39 Å². The minimum absolute atomic E-state index is 0.180. The quantitative estimate of drug-likeness (QED) is 0.833. The molecule has 0 bridgehead atoms. The lowest BCUT2D eigenvalue weighted by Gasteiger charge is -2.24. The molecule has 0 spiro atoms. The van der Waals surface area contributed by atoms with Gasteiger partial charge >= 0.3 is 0 Å². The van der Waals surface area contributed by atoms with Gasteiger partial charge in [-0.1, -0.05) is 19.1 Å². The Bertz CT molecular complexity index is 474. The first kappa shape index (κ1) is 16.0. The van der Waals surface area contributed by atoms with E-state index in [1.54, 1.807) is 6.92 Å². The van der Waals surface area contributed by atoms with Gasteiger partial charge in [0, 0.05) is 33.1 Å². The third kappa shape index (κ3) is 4.53. The highest BCUT2D eigenvalue weighted by Crippen LogP contribution is 2.20. The fourth-order valence-corrected chi connectivity index (χ4v) is 3.15. The van der Waals surface area contributed by atoms with Crippen LogP contribution in [-0.4, -0.2) is 48.9 Å². The van der Waals surface area contributed by atoms with Crippen molar-refractivity contribution in [3.05, 3.63) is 35.6 Å². The first-order valence-corrected chi connectivity index (χ1v) is 7.65. The summed E-state index contributed by atoms with van der Waals surface area (Å²) in [7, 11) is 2.12. The van der Waals surface area contributed by atoms with Gasteiger partial charge in [-0.25, -0.2) is 4.39 Å². The van der Waals surface area contributed by atoms with Crippen LogP contribution in [0, 0.1) is 11.7 Å². The number of hydrogen-bond donors (Lipinski definition) is 0. The highest BCUT2D eigenvalue weighted by molar-refractivity contribution is 5.73. The number of halogens is 1. The van der Waals surface area contributed by atoms with E-state index in [1.165, 1.54) is 17.7 Å². The Hall–Kier alpha value is -1.42. The molecular weight excluding hydrogens is 267 g/mol. The second kappa shape index (κ2) is 7.03. The van der Waals surface area contributed by atoms with Crippen molar-refractivity contribution < 1.29 is 9.18 Å². The number of carbonyl (C=O) groups excluding carboxylic acids is 1. The van der Waals surface area contributed by atoms with Crippen molar-refractivity contribution in [1.29, 1.82) is 0 Å². The number of hydrogen-bond acceptors (Lipinski definition) is 2. The van der Waals surface area contributed by atoms with Crippen molar-refractivity contribution in [3.8, 4) is 0 Å². The van der Waals surface area contributed by atoms with E-state index in [4.69, 9.17) is 0 Å². The number of amides is 1. The van der Waals surface area contributed by atoms with Gasteiger partial charge in [0.15, 0.2) is 0 Å². The van der Waals surface area contributed by atoms with Crippen molar-refractivity contribution in [3.63, 3.8) is 0 Å². The molecule has 2 atom stereocenters. The third-order valence-electron chi connectivity index (χ3n) is 4.33. The molecule has 1 aromatic carbocycles. The van der Waals surface area contributed by atoms with Crippen molar-refractivity contribution >= 4 is 5.91 Å². The fourth-order valence-electron chi connectivity index (χ4n) is 3.15. The smallest absolute Gasteiger partial charge is 0.219 e. The Balaban J connectivity index is 1.80. The maximum absolute atomic E-state index is 12.9. The predicted octanol–water partition coefficient (Wildman–Crippen LogP) is 2.73. The van der Waals surface area contributed by atoms with Crippen LogP contribution >= 0.6 is 0 Å². The molecule has 1 amide bonds. The zero-order chi connectivity index (χ0) is 15.4. The summed E-state index contributed by atoms with van der Waals surface area (Å²) >= 11 is 0. The Morgan fingerprint density at radius 3 is 2.67 bits per heavy atom. The Morgan fingerprint density at radius 2 is 2.10 bits per heavy atom. The van der Waals surface area contributed by atoms with E-state index in [0.717, 1.165) is 32.6 Å². The van der Waals surface area contributed by atoms with Crippen molar-refractivity contribution in [2.24, 2.45) is 5.92 Å². The molecule has 0 aliphatic carbocycles. The van der Waals surface area contributed by atoms with Crippen LogP contribution in [-0.2, 0) is 4.79 Å². The van der Waals surface area contributed by atoms with Gasteiger partial charge < -0.3 is 9.80 Å². The second-order valence-corrected chi connectivity index (χ2v) is 6.29. The molecule has 3 nitrogen and oxygen atoms in total. The molecule has 1 heterocycles. The Morgan fingerprint density at radius 1 is 1.43 bits per heavy atom. The van der Waals surface area contributed by atoms with Crippen LogP contribution in [0.3, 0.4) is 0 Å². The molecule has 1 aliphatic heterocycles. The zero-order valence-electron chi connectivity index (χ0n) is 13.2. The molecule has 4 heteroatoms. The molecule has 1 aliphatic rings. The summed E-state index contributed by atoms with van der Waals surface area (Å²) in [6.07, 6.45) is 1.09. The molecule has 0 aromatic heterocycles. The number of rotatable bonds is 5. The normalized spacial score (nSPS) is 20.0. The largest absolute Gasteiger partial charge is 0.343 e. The summed E-state index contributed by atoms with van der Waals surface area (Å²) in [5.74, 6) is 0.939. The van der Waals surface area contributed by atoms with E-state index in [9.17, 15) is 9.18 Å². The average molecular weight is 292 g/mol. The first-order valence-electron chi connectivity index (χ1n) is 7.65. The molecule has 1 aromatic rings. The second-order valence-electron chi connectivity index (χ2n) is 6.29. The van der Waals surface area contributed by atoms with Gasteiger partial charge in [0.1, 0.15) is 5.82 Å². The topological polar surface area (TPSA) is 23.6 Å². The molecule has 2 rings (SSSR count). The van der Waals surface area contributed by atoms with Crippen LogP contribution in [0.5, 0.6) is 0 Å². The number of nitrogens with zero attached hydrogens (tertiary/aromatic N) is 2. The van der Waals surface area contributed by atoms with Crippen molar-refractivity contribution in [2.75, 3.05) is 33.2 Å². The van der Waals surface area contributed by atoms with Gasteiger partial charge in [0.05, 0.1) is 0 Å². The standard InChI is InChI=1S/C17H25FN2O/c1-13(16-4-6-17(18)7-5-16)10-19(3)11-15-8-9-20(12-15)14(2)21/h4-7,13,15H,8-12H2,1-3H3/t13-,15+/m0/s1. The summed E-state index contributed by atoms with van der Waals surface area (Å²) in [6.45, 7) is 7.53. The lowest BCUT2D eigenvalue weighted by molar-refractivity contribution is -0.127. The van der Waals surface area contributed by atoms with E-state index in [-0.39, 0.29) is 11.7 Å². The fraction of sp³-hybridized carbons (Fsp3) is 0.588. The van der Waals surface area contributed by atoms with Gasteiger partial charge in [0.2, 0.25) is 5.91 Å². The molecule has 0 radical (unpaired) electrons. The van der Waals surface area contributed by atoms with Gasteiger partial charge in [0.25, 0.3) is 0 Å². The molecule has 1 fully saturated rings. The molecule has 116 valence electrons. The zero-order valence-corrected chi connectivity index (χ0v) is 13.2. The number of likely N-dealkylation sites (tertiary alicyclic amines) is 1. The van der Waals surface area contributed by atoms with E-state index in [2.05, 4.69) is 18.9 Å². The summed E-state index contributed by atoms with van der Waals surface area (Å²) in [5, 5.41) is 0. The minimum atomic E-state index is -0.186. The highest BCUT2D eigenvalue weighted by atomic mass is 19.1. The third-order valence-corrected chi connectivity index (χ3v) is 4.33. The summed E-state index contributed by atoms with van der Waals surface area (Å²) in [5.41, 5.74) is 1.17. The Labute approximate surface area is 126 Å². The van der Waals surface area contributed by atoms with Gasteiger partial charge in [-0.15, -0.1) is 0 Å². The van der Waals surface area contributed by atoms with Crippen LogP contribution in [0.15, 0.2) is 24.3 Å². The van der Waals surface area contributed by atoms with Crippen LogP contribution in [0.2, 0.25) is 0 Å². The lowest BCUT2D eigenvalue weighted by atomic mass is 10.00. The highest BCUT2D eigenvalue weighted by Gasteiger charge is 2.25. The first-order chi connectivity index (χ1) is 9.95. The molecular formula is C17H25FN2O. The monoisotopic (exact) mass is 292 g/mol. The van der Waals surface area contributed by atoms with Crippen LogP contribution in [0.1, 0.15) is 31.7 Å². The Kier molecular flexibility index (Phi) is 5.34. The predicted molar refractivity (Wildman–Crippen MR) is 82.7 cm³/mol. The van der Waals surface area contributed by atoms with E-state index in [1.807, 2.05) is 17.0 Å². The van der Waals surface area contributed by atoms with Crippen molar-refractivity contribution in [2.45, 2.75) is 26.2 Å². The molecule has 0 unspecified atom stereocenters. The van der Waals surface area contributed by atoms with Crippen LogP contribution < -0.4 is 0 Å². The van der Waals surface area contributed by atoms with Gasteiger partial charge in [-0.05, 0) is 43.0 Å². The maximum Gasteiger partial charge on any atom is 0.219 e.